The maximum absolute atomic E-state index is 11.2. The van der Waals surface area contributed by atoms with Crippen LogP contribution in [0.4, 0.5) is 0 Å². The lowest BCUT2D eigenvalue weighted by atomic mass is 10.2. The molecule has 0 spiro atoms. The molecule has 1 saturated heterocycles. The number of likely N-dealkylation sites (N-methyl/N-ethyl adjacent to an activating group) is 1. The van der Waals surface area contributed by atoms with Crippen molar-refractivity contribution in [3.63, 3.8) is 0 Å². The number of hydrogen-bond donors (Lipinski definition) is 1. The summed E-state index contributed by atoms with van der Waals surface area (Å²) in [6.07, 6.45) is 1.86. The summed E-state index contributed by atoms with van der Waals surface area (Å²) in [5.41, 5.74) is 0. The van der Waals surface area contributed by atoms with Crippen molar-refractivity contribution < 1.29 is 19.4 Å². The first-order valence-electron chi connectivity index (χ1n) is 6.25. The van der Waals surface area contributed by atoms with E-state index in [0.717, 1.165) is 26.0 Å². The van der Waals surface area contributed by atoms with E-state index in [4.69, 9.17) is 9.47 Å². The molecule has 0 bridgehead atoms. The average molecular weight is 245 g/mol. The molecule has 0 aromatic heterocycles. The predicted octanol–water partition coefficient (Wildman–Crippen LogP) is 0.411. The van der Waals surface area contributed by atoms with Crippen LogP contribution in [0.5, 0.6) is 0 Å². The molecule has 100 valence electrons. The lowest BCUT2D eigenvalue weighted by Crippen LogP contribution is -2.36. The zero-order valence-corrected chi connectivity index (χ0v) is 10.7. The Morgan fingerprint density at radius 2 is 2.41 bits per heavy atom. The number of carbonyl (C=O) groups is 1. The van der Waals surface area contributed by atoms with E-state index in [0.29, 0.717) is 13.2 Å². The molecule has 0 amide bonds. The summed E-state index contributed by atoms with van der Waals surface area (Å²) in [5, 5.41) is 9.71. The Bertz CT molecular complexity index is 229. The summed E-state index contributed by atoms with van der Waals surface area (Å²) >= 11 is 0. The summed E-state index contributed by atoms with van der Waals surface area (Å²) in [7, 11) is 1.93. The summed E-state index contributed by atoms with van der Waals surface area (Å²) < 4.78 is 10.3. The van der Waals surface area contributed by atoms with Crippen molar-refractivity contribution in [2.75, 3.05) is 33.4 Å². The van der Waals surface area contributed by atoms with E-state index in [1.54, 1.807) is 6.92 Å². The van der Waals surface area contributed by atoms with Crippen LogP contribution in [0, 0.1) is 0 Å². The van der Waals surface area contributed by atoms with Gasteiger partial charge in [-0.05, 0) is 26.8 Å². The molecule has 0 aliphatic carbocycles. The highest BCUT2D eigenvalue weighted by molar-refractivity contribution is 5.69. The zero-order valence-electron chi connectivity index (χ0n) is 10.7. The molecule has 1 N–H and O–H groups in total. The van der Waals surface area contributed by atoms with Gasteiger partial charge in [-0.15, -0.1) is 0 Å². The second-order valence-corrected chi connectivity index (χ2v) is 4.52. The fourth-order valence-corrected chi connectivity index (χ4v) is 2.05. The summed E-state index contributed by atoms with van der Waals surface area (Å²) in [4.78, 5) is 13.2. The standard InChI is InChI=1S/C12H23NO4/c1-3-16-12(15)7-10(14)8-13(2)9-11-5-4-6-17-11/h10-11,14H,3-9H2,1-2H3. The van der Waals surface area contributed by atoms with Crippen molar-refractivity contribution in [3.8, 4) is 0 Å². The molecule has 1 aliphatic heterocycles. The molecule has 0 aromatic rings. The molecule has 1 rings (SSSR count). The van der Waals surface area contributed by atoms with Gasteiger partial charge in [-0.3, -0.25) is 4.79 Å². The third kappa shape index (κ3) is 6.00. The van der Waals surface area contributed by atoms with Gasteiger partial charge >= 0.3 is 5.97 Å². The summed E-state index contributed by atoms with van der Waals surface area (Å²) in [6.45, 7) is 4.23. The first-order valence-corrected chi connectivity index (χ1v) is 6.25. The molecule has 1 fully saturated rings. The van der Waals surface area contributed by atoms with E-state index >= 15 is 0 Å². The van der Waals surface area contributed by atoms with Gasteiger partial charge in [-0.1, -0.05) is 0 Å². The van der Waals surface area contributed by atoms with Crippen molar-refractivity contribution in [1.82, 2.24) is 4.90 Å². The summed E-state index contributed by atoms with van der Waals surface area (Å²) in [5.74, 6) is -0.342. The van der Waals surface area contributed by atoms with E-state index in [9.17, 15) is 9.90 Å². The van der Waals surface area contributed by atoms with Gasteiger partial charge in [0.15, 0.2) is 0 Å². The second-order valence-electron chi connectivity index (χ2n) is 4.52. The largest absolute Gasteiger partial charge is 0.466 e. The fraction of sp³-hybridized carbons (Fsp3) is 0.917. The molecular weight excluding hydrogens is 222 g/mol. The third-order valence-corrected chi connectivity index (χ3v) is 2.77. The van der Waals surface area contributed by atoms with Gasteiger partial charge < -0.3 is 19.5 Å². The molecule has 2 atom stereocenters. The molecule has 0 aromatic carbocycles. The van der Waals surface area contributed by atoms with E-state index in [2.05, 4.69) is 0 Å². The van der Waals surface area contributed by atoms with Crippen molar-refractivity contribution in [2.45, 2.75) is 38.4 Å². The van der Waals surface area contributed by atoms with Gasteiger partial charge in [0, 0.05) is 19.7 Å². The topological polar surface area (TPSA) is 59.0 Å². The number of carbonyl (C=O) groups excluding carboxylic acids is 1. The van der Waals surface area contributed by atoms with Crippen molar-refractivity contribution in [2.24, 2.45) is 0 Å². The molecule has 2 unspecified atom stereocenters. The Labute approximate surface area is 103 Å². The highest BCUT2D eigenvalue weighted by Gasteiger charge is 2.19. The predicted molar refractivity (Wildman–Crippen MR) is 63.7 cm³/mol. The fourth-order valence-electron chi connectivity index (χ4n) is 2.05. The first-order chi connectivity index (χ1) is 8.11. The van der Waals surface area contributed by atoms with Gasteiger partial charge in [-0.25, -0.2) is 0 Å². The second kappa shape index (κ2) is 7.63. The van der Waals surface area contributed by atoms with Gasteiger partial charge in [0.1, 0.15) is 0 Å². The van der Waals surface area contributed by atoms with Crippen molar-refractivity contribution >= 4 is 5.97 Å². The van der Waals surface area contributed by atoms with Crippen LogP contribution < -0.4 is 0 Å². The number of ether oxygens (including phenoxy) is 2. The van der Waals surface area contributed by atoms with Crippen LogP contribution in [0.3, 0.4) is 0 Å². The smallest absolute Gasteiger partial charge is 0.308 e. The minimum Gasteiger partial charge on any atom is -0.466 e. The molecule has 5 nitrogen and oxygen atoms in total. The Kier molecular flexibility index (Phi) is 6.47. The van der Waals surface area contributed by atoms with Crippen molar-refractivity contribution in [1.29, 1.82) is 0 Å². The Hall–Kier alpha value is -0.650. The van der Waals surface area contributed by atoms with Gasteiger partial charge in [0.25, 0.3) is 0 Å². The molecule has 0 saturated carbocycles. The van der Waals surface area contributed by atoms with Gasteiger partial charge in [0.05, 0.1) is 25.2 Å². The molecular formula is C12H23NO4. The normalized spacial score (nSPS) is 21.8. The van der Waals surface area contributed by atoms with Gasteiger partial charge in [-0.2, -0.15) is 0 Å². The Balaban J connectivity index is 2.15. The number of rotatable bonds is 7. The number of nitrogens with zero attached hydrogens (tertiary/aromatic N) is 1. The molecule has 17 heavy (non-hydrogen) atoms. The third-order valence-electron chi connectivity index (χ3n) is 2.77. The molecule has 0 radical (unpaired) electrons. The lowest BCUT2D eigenvalue weighted by molar-refractivity contribution is -0.145. The zero-order chi connectivity index (χ0) is 12.7. The monoisotopic (exact) mass is 245 g/mol. The quantitative estimate of drug-likeness (QED) is 0.658. The van der Waals surface area contributed by atoms with Crippen molar-refractivity contribution in [3.05, 3.63) is 0 Å². The van der Waals surface area contributed by atoms with Crippen LogP contribution in [-0.4, -0.2) is 61.5 Å². The number of esters is 1. The summed E-state index contributed by atoms with van der Waals surface area (Å²) in [6, 6.07) is 0. The number of aliphatic hydroxyl groups is 1. The van der Waals surface area contributed by atoms with E-state index in [1.165, 1.54) is 0 Å². The van der Waals surface area contributed by atoms with E-state index < -0.39 is 6.10 Å². The maximum Gasteiger partial charge on any atom is 0.308 e. The SMILES string of the molecule is CCOC(=O)CC(O)CN(C)CC1CCCO1. The van der Waals surface area contributed by atoms with Crippen LogP contribution in [0.2, 0.25) is 0 Å². The lowest BCUT2D eigenvalue weighted by Gasteiger charge is -2.22. The minimum absolute atomic E-state index is 0.0592. The van der Waals surface area contributed by atoms with E-state index in [-0.39, 0.29) is 18.5 Å². The Morgan fingerprint density at radius 1 is 1.65 bits per heavy atom. The molecule has 1 aliphatic rings. The van der Waals surface area contributed by atoms with E-state index in [1.807, 2.05) is 11.9 Å². The van der Waals surface area contributed by atoms with Crippen LogP contribution in [0.1, 0.15) is 26.2 Å². The highest BCUT2D eigenvalue weighted by atomic mass is 16.5. The first kappa shape index (κ1) is 14.4. The van der Waals surface area contributed by atoms with Gasteiger partial charge in [0.2, 0.25) is 0 Å². The van der Waals surface area contributed by atoms with Crippen LogP contribution in [-0.2, 0) is 14.3 Å². The number of aliphatic hydroxyl groups excluding tert-OH is 1. The van der Waals surface area contributed by atoms with Crippen LogP contribution in [0.15, 0.2) is 0 Å². The van der Waals surface area contributed by atoms with Crippen LogP contribution in [0.25, 0.3) is 0 Å². The van der Waals surface area contributed by atoms with Crippen LogP contribution >= 0.6 is 0 Å². The average Bonchev–Trinajstić information content (AvgIpc) is 2.69. The Morgan fingerprint density at radius 3 is 3.00 bits per heavy atom. The molecule has 5 heteroatoms. The highest BCUT2D eigenvalue weighted by Crippen LogP contribution is 2.13. The molecule has 1 heterocycles. The number of hydrogen-bond acceptors (Lipinski definition) is 5. The minimum atomic E-state index is -0.666. The maximum atomic E-state index is 11.2.